The zero-order valence-corrected chi connectivity index (χ0v) is 12.1. The molecular formula is C15H14FN4O2+. The first-order chi connectivity index (χ1) is 10.4. The summed E-state index contributed by atoms with van der Waals surface area (Å²) in [6.45, 7) is 3.48. The topological polar surface area (TPSA) is 93.1 Å². The largest absolute Gasteiger partial charge is 0.315 e. The van der Waals surface area contributed by atoms with Crippen LogP contribution in [0.25, 0.3) is 0 Å². The molecule has 0 aliphatic heterocycles. The molecule has 0 saturated carbocycles. The number of aromatic amines is 1. The van der Waals surface area contributed by atoms with Gasteiger partial charge in [0.25, 0.3) is 5.82 Å². The Labute approximate surface area is 126 Å². The van der Waals surface area contributed by atoms with Crippen LogP contribution in [0.5, 0.6) is 0 Å². The molecule has 0 atom stereocenters. The third kappa shape index (κ3) is 3.01. The van der Waals surface area contributed by atoms with E-state index in [1.807, 2.05) is 6.07 Å². The Morgan fingerprint density at radius 2 is 2.00 bits per heavy atom. The predicted molar refractivity (Wildman–Crippen MR) is 77.6 cm³/mol. The fourth-order valence-electron chi connectivity index (χ4n) is 2.24. The maximum atomic E-state index is 12.9. The summed E-state index contributed by atoms with van der Waals surface area (Å²) in [7, 11) is 0. The minimum absolute atomic E-state index is 0.0936. The summed E-state index contributed by atoms with van der Waals surface area (Å²) in [5.41, 5.74) is 1.60. The average Bonchev–Trinajstić information content (AvgIpc) is 2.46. The molecule has 0 unspecified atom stereocenters. The number of rotatable bonds is 4. The highest BCUT2D eigenvalue weighted by molar-refractivity contribution is 5.59. The van der Waals surface area contributed by atoms with Crippen LogP contribution in [0.1, 0.15) is 22.4 Å². The standard InChI is InChI=1S/C15H13FN4O2/c1-9-13(7-17)15(19-10(2)14(9)20(21)22)18-8-11-3-5-12(16)6-4-11/h3-6H,8H2,1-2H3,(H,18,19)/p+1. The second kappa shape index (κ2) is 6.18. The van der Waals surface area contributed by atoms with Crippen LogP contribution in [0.3, 0.4) is 0 Å². The molecule has 0 spiro atoms. The van der Waals surface area contributed by atoms with Crippen LogP contribution in [-0.4, -0.2) is 4.92 Å². The molecule has 22 heavy (non-hydrogen) atoms. The average molecular weight is 301 g/mol. The monoisotopic (exact) mass is 301 g/mol. The number of hydrogen-bond acceptors (Lipinski definition) is 4. The fraction of sp³-hybridized carbons (Fsp3) is 0.200. The molecule has 1 aromatic heterocycles. The highest BCUT2D eigenvalue weighted by Gasteiger charge is 2.26. The van der Waals surface area contributed by atoms with Gasteiger partial charge in [-0.1, -0.05) is 12.1 Å². The van der Waals surface area contributed by atoms with Gasteiger partial charge in [-0.3, -0.25) is 15.4 Å². The van der Waals surface area contributed by atoms with Crippen LogP contribution in [0.4, 0.5) is 15.9 Å². The van der Waals surface area contributed by atoms with Crippen molar-refractivity contribution in [2.75, 3.05) is 5.32 Å². The molecule has 1 aromatic carbocycles. The second-order valence-electron chi connectivity index (χ2n) is 4.82. The SMILES string of the molecule is Cc1[nH+]c(NCc2ccc(F)cc2)c(C#N)c(C)c1[N+](=O)[O-]. The number of nitrogens with zero attached hydrogens (tertiary/aromatic N) is 2. The van der Waals surface area contributed by atoms with Crippen molar-refractivity contribution in [3.05, 3.63) is 62.6 Å². The highest BCUT2D eigenvalue weighted by atomic mass is 19.1. The molecule has 0 aliphatic carbocycles. The number of benzene rings is 1. The number of aryl methyl sites for hydroxylation is 1. The maximum absolute atomic E-state index is 12.9. The van der Waals surface area contributed by atoms with Gasteiger partial charge in [-0.25, -0.2) is 9.37 Å². The van der Waals surface area contributed by atoms with Crippen molar-refractivity contribution in [3.8, 4) is 6.07 Å². The summed E-state index contributed by atoms with van der Waals surface area (Å²) in [4.78, 5) is 13.4. The molecule has 112 valence electrons. The van der Waals surface area contributed by atoms with Gasteiger partial charge in [0.2, 0.25) is 0 Å². The molecule has 2 N–H and O–H groups in total. The number of nitro groups is 1. The first-order valence-corrected chi connectivity index (χ1v) is 6.53. The van der Waals surface area contributed by atoms with Gasteiger partial charge in [-0.2, -0.15) is 5.26 Å². The number of aromatic nitrogens is 1. The Hall–Kier alpha value is -3.01. The van der Waals surface area contributed by atoms with Crippen molar-refractivity contribution >= 4 is 11.5 Å². The van der Waals surface area contributed by atoms with Crippen molar-refractivity contribution in [2.24, 2.45) is 0 Å². The molecule has 0 radical (unpaired) electrons. The number of pyridine rings is 1. The first-order valence-electron chi connectivity index (χ1n) is 6.53. The van der Waals surface area contributed by atoms with E-state index in [2.05, 4.69) is 10.3 Å². The lowest BCUT2D eigenvalue weighted by Gasteiger charge is -2.06. The third-order valence-electron chi connectivity index (χ3n) is 3.32. The number of H-pyrrole nitrogens is 1. The molecule has 0 bridgehead atoms. The zero-order valence-electron chi connectivity index (χ0n) is 12.1. The van der Waals surface area contributed by atoms with Crippen molar-refractivity contribution < 1.29 is 14.3 Å². The molecule has 6 nitrogen and oxygen atoms in total. The van der Waals surface area contributed by atoms with E-state index in [-0.39, 0.29) is 17.1 Å². The molecule has 7 heteroatoms. The van der Waals surface area contributed by atoms with Crippen molar-refractivity contribution in [3.63, 3.8) is 0 Å². The Kier molecular flexibility index (Phi) is 4.32. The number of nitrogens with one attached hydrogen (secondary N) is 2. The normalized spacial score (nSPS) is 10.1. The summed E-state index contributed by atoms with van der Waals surface area (Å²) in [5, 5.41) is 23.3. The summed E-state index contributed by atoms with van der Waals surface area (Å²) >= 11 is 0. The van der Waals surface area contributed by atoms with Gasteiger partial charge < -0.3 is 0 Å². The van der Waals surface area contributed by atoms with E-state index < -0.39 is 4.92 Å². The van der Waals surface area contributed by atoms with Crippen molar-refractivity contribution in [1.29, 1.82) is 5.26 Å². The Morgan fingerprint density at radius 1 is 1.36 bits per heavy atom. The van der Waals surface area contributed by atoms with E-state index >= 15 is 0 Å². The van der Waals surface area contributed by atoms with E-state index in [0.29, 0.717) is 23.6 Å². The minimum Gasteiger partial charge on any atom is -0.269 e. The highest BCUT2D eigenvalue weighted by Crippen LogP contribution is 2.26. The zero-order chi connectivity index (χ0) is 16.3. The number of nitriles is 1. The molecule has 0 fully saturated rings. The minimum atomic E-state index is -0.508. The van der Waals surface area contributed by atoms with E-state index in [1.165, 1.54) is 12.1 Å². The van der Waals surface area contributed by atoms with Gasteiger partial charge in [-0.05, 0) is 24.6 Å². The van der Waals surface area contributed by atoms with Crippen LogP contribution in [0, 0.1) is 41.1 Å². The molecular weight excluding hydrogens is 287 g/mol. The van der Waals surface area contributed by atoms with Crippen LogP contribution >= 0.6 is 0 Å². The third-order valence-corrected chi connectivity index (χ3v) is 3.32. The van der Waals surface area contributed by atoms with Gasteiger partial charge in [0, 0.05) is 6.92 Å². The lowest BCUT2D eigenvalue weighted by molar-refractivity contribution is -0.419. The molecule has 2 rings (SSSR count). The number of anilines is 1. The molecule has 2 aromatic rings. The number of halogens is 1. The summed E-state index contributed by atoms with van der Waals surface area (Å²) in [6.07, 6.45) is 0. The lowest BCUT2D eigenvalue weighted by Crippen LogP contribution is -2.21. The predicted octanol–water partition coefficient (Wildman–Crippen LogP) is 2.65. The van der Waals surface area contributed by atoms with Gasteiger partial charge in [0.15, 0.2) is 11.3 Å². The Balaban J connectivity index is 2.33. The van der Waals surface area contributed by atoms with Gasteiger partial charge in [0.05, 0.1) is 10.5 Å². The Morgan fingerprint density at radius 3 is 2.55 bits per heavy atom. The molecule has 0 amide bonds. The fourth-order valence-corrected chi connectivity index (χ4v) is 2.24. The number of hydrogen-bond donors (Lipinski definition) is 1. The summed E-state index contributed by atoms with van der Waals surface area (Å²) in [5.74, 6) is 0.0856. The van der Waals surface area contributed by atoms with Crippen LogP contribution in [0.15, 0.2) is 24.3 Å². The quantitative estimate of drug-likeness (QED) is 0.694. The van der Waals surface area contributed by atoms with Crippen molar-refractivity contribution in [1.82, 2.24) is 0 Å². The Bertz CT molecular complexity index is 767. The van der Waals surface area contributed by atoms with E-state index in [0.717, 1.165) is 5.56 Å². The lowest BCUT2D eigenvalue weighted by atomic mass is 10.1. The molecule has 1 heterocycles. The second-order valence-corrected chi connectivity index (χ2v) is 4.82. The van der Waals surface area contributed by atoms with Gasteiger partial charge in [-0.15, -0.1) is 0 Å². The maximum Gasteiger partial charge on any atom is 0.315 e. The van der Waals surface area contributed by atoms with Crippen LogP contribution in [0.2, 0.25) is 0 Å². The van der Waals surface area contributed by atoms with Gasteiger partial charge >= 0.3 is 5.69 Å². The molecule has 0 aliphatic rings. The van der Waals surface area contributed by atoms with Crippen LogP contribution in [-0.2, 0) is 6.54 Å². The van der Waals surface area contributed by atoms with Crippen molar-refractivity contribution in [2.45, 2.75) is 20.4 Å². The van der Waals surface area contributed by atoms with E-state index in [4.69, 9.17) is 0 Å². The smallest absolute Gasteiger partial charge is 0.269 e. The first kappa shape index (κ1) is 15.4. The van der Waals surface area contributed by atoms with E-state index in [9.17, 15) is 19.8 Å². The summed E-state index contributed by atoms with van der Waals surface area (Å²) < 4.78 is 12.9. The summed E-state index contributed by atoms with van der Waals surface area (Å²) in [6, 6.07) is 7.91. The molecule has 0 saturated heterocycles. The van der Waals surface area contributed by atoms with E-state index in [1.54, 1.807) is 26.0 Å². The van der Waals surface area contributed by atoms with Crippen LogP contribution < -0.4 is 10.3 Å². The van der Waals surface area contributed by atoms with Gasteiger partial charge in [0.1, 0.15) is 18.4 Å².